The Labute approximate surface area is 118 Å². The third kappa shape index (κ3) is 4.34. The lowest BCUT2D eigenvalue weighted by atomic mass is 9.80. The number of nitrogens with zero attached hydrogens (tertiary/aromatic N) is 1. The van der Waals surface area contributed by atoms with Crippen LogP contribution in [0.4, 0.5) is 4.79 Å². The molecule has 116 valence electrons. The van der Waals surface area contributed by atoms with E-state index in [1.54, 1.807) is 6.92 Å². The molecular formula is C11H21N3O5S. The molecule has 3 N–H and O–H groups in total. The number of carboxylic acids is 1. The first-order valence-electron chi connectivity index (χ1n) is 6.37. The van der Waals surface area contributed by atoms with E-state index < -0.39 is 21.4 Å². The number of piperidine rings is 1. The number of carbonyl (C=O) groups excluding carboxylic acids is 1. The van der Waals surface area contributed by atoms with Crippen molar-refractivity contribution in [1.29, 1.82) is 0 Å². The Morgan fingerprint density at radius 2 is 1.85 bits per heavy atom. The number of sulfonamides is 1. The Morgan fingerprint density at radius 1 is 1.30 bits per heavy atom. The number of nitrogens with one attached hydrogen (secondary N) is 2. The fourth-order valence-corrected chi connectivity index (χ4v) is 2.50. The Kier molecular flexibility index (Phi) is 5.35. The number of carbonyl (C=O) groups is 2. The van der Waals surface area contributed by atoms with Crippen LogP contribution in [0.2, 0.25) is 0 Å². The second kappa shape index (κ2) is 6.40. The van der Waals surface area contributed by atoms with E-state index in [4.69, 9.17) is 5.11 Å². The van der Waals surface area contributed by atoms with Crippen LogP contribution in [0.3, 0.4) is 0 Å². The molecular weight excluding hydrogens is 286 g/mol. The van der Waals surface area contributed by atoms with Gasteiger partial charge in [-0.1, -0.05) is 0 Å². The van der Waals surface area contributed by atoms with E-state index in [-0.39, 0.29) is 18.3 Å². The summed E-state index contributed by atoms with van der Waals surface area (Å²) in [4.78, 5) is 24.4. The molecule has 0 radical (unpaired) electrons. The number of amides is 2. The first-order chi connectivity index (χ1) is 9.20. The summed E-state index contributed by atoms with van der Waals surface area (Å²) in [6.07, 6.45) is 0.787. The molecule has 0 spiro atoms. The lowest BCUT2D eigenvalue weighted by molar-refractivity contribution is -0.150. The SMILES string of the molecule is CNS(=O)(=O)CCNC(=O)N1CCC(C)(C(=O)O)CC1. The van der Waals surface area contributed by atoms with Crippen LogP contribution >= 0.6 is 0 Å². The second-order valence-corrected chi connectivity index (χ2v) is 7.15. The van der Waals surface area contributed by atoms with Crippen LogP contribution in [0.15, 0.2) is 0 Å². The van der Waals surface area contributed by atoms with Gasteiger partial charge in [-0.3, -0.25) is 4.79 Å². The van der Waals surface area contributed by atoms with Gasteiger partial charge in [0, 0.05) is 19.6 Å². The maximum Gasteiger partial charge on any atom is 0.317 e. The lowest BCUT2D eigenvalue weighted by Gasteiger charge is -2.36. The highest BCUT2D eigenvalue weighted by Crippen LogP contribution is 2.30. The van der Waals surface area contributed by atoms with Crippen LogP contribution in [0.1, 0.15) is 19.8 Å². The highest BCUT2D eigenvalue weighted by atomic mass is 32.2. The second-order valence-electron chi connectivity index (χ2n) is 5.11. The number of likely N-dealkylation sites (tertiary alicyclic amines) is 1. The van der Waals surface area contributed by atoms with Crippen LogP contribution < -0.4 is 10.0 Å². The van der Waals surface area contributed by atoms with E-state index in [9.17, 15) is 18.0 Å². The molecule has 8 nitrogen and oxygen atoms in total. The maximum absolute atomic E-state index is 11.8. The summed E-state index contributed by atoms with van der Waals surface area (Å²) in [5.41, 5.74) is -0.785. The topological polar surface area (TPSA) is 116 Å². The van der Waals surface area contributed by atoms with Gasteiger partial charge in [0.05, 0.1) is 11.2 Å². The van der Waals surface area contributed by atoms with Gasteiger partial charge in [-0.05, 0) is 26.8 Å². The van der Waals surface area contributed by atoms with Crippen LogP contribution in [0.25, 0.3) is 0 Å². The minimum atomic E-state index is -3.34. The van der Waals surface area contributed by atoms with Gasteiger partial charge in [0.1, 0.15) is 0 Å². The molecule has 0 saturated carbocycles. The Balaban J connectivity index is 2.39. The summed E-state index contributed by atoms with van der Waals surface area (Å²) >= 11 is 0. The van der Waals surface area contributed by atoms with E-state index in [0.29, 0.717) is 25.9 Å². The predicted octanol–water partition coefficient (Wildman–Crippen LogP) is -0.568. The maximum atomic E-state index is 11.8. The molecule has 0 aromatic rings. The summed E-state index contributed by atoms with van der Waals surface area (Å²) in [6.45, 7) is 2.40. The summed E-state index contributed by atoms with van der Waals surface area (Å²) in [7, 11) is -2.02. The van der Waals surface area contributed by atoms with Gasteiger partial charge >= 0.3 is 12.0 Å². The van der Waals surface area contributed by atoms with Gasteiger partial charge < -0.3 is 15.3 Å². The zero-order chi connectivity index (χ0) is 15.4. The molecule has 1 aliphatic rings. The predicted molar refractivity (Wildman–Crippen MR) is 72.8 cm³/mol. The standard InChI is InChI=1S/C11H21N3O5S/c1-11(9(15)16)3-6-14(7-4-11)10(17)13-5-8-20(18,19)12-2/h12H,3-8H2,1-2H3,(H,13,17)(H,15,16). The van der Waals surface area contributed by atoms with Crippen LogP contribution in [-0.2, 0) is 14.8 Å². The molecule has 0 atom stereocenters. The van der Waals surface area contributed by atoms with Gasteiger partial charge in [-0.2, -0.15) is 0 Å². The van der Waals surface area contributed by atoms with E-state index in [1.165, 1.54) is 11.9 Å². The third-order valence-electron chi connectivity index (χ3n) is 3.63. The largest absolute Gasteiger partial charge is 0.481 e. The first-order valence-corrected chi connectivity index (χ1v) is 8.03. The molecule has 2 amide bonds. The van der Waals surface area contributed by atoms with Crippen molar-refractivity contribution in [3.8, 4) is 0 Å². The van der Waals surface area contributed by atoms with E-state index in [2.05, 4.69) is 10.0 Å². The highest BCUT2D eigenvalue weighted by molar-refractivity contribution is 7.89. The lowest BCUT2D eigenvalue weighted by Crippen LogP contribution is -2.49. The van der Waals surface area contributed by atoms with Crippen molar-refractivity contribution in [3.05, 3.63) is 0 Å². The Morgan fingerprint density at radius 3 is 2.30 bits per heavy atom. The van der Waals surface area contributed by atoms with E-state index in [1.807, 2.05) is 0 Å². The van der Waals surface area contributed by atoms with Crippen LogP contribution in [-0.4, -0.2) is 62.9 Å². The summed E-state index contributed by atoms with van der Waals surface area (Å²) in [5.74, 6) is -1.03. The van der Waals surface area contributed by atoms with Crippen molar-refractivity contribution in [1.82, 2.24) is 14.9 Å². The van der Waals surface area contributed by atoms with Gasteiger partial charge in [0.2, 0.25) is 10.0 Å². The molecule has 0 unspecified atom stereocenters. The fourth-order valence-electron chi connectivity index (χ4n) is 1.92. The number of hydrogen-bond acceptors (Lipinski definition) is 4. The van der Waals surface area contributed by atoms with Gasteiger partial charge in [0.25, 0.3) is 0 Å². The normalized spacial score (nSPS) is 18.6. The van der Waals surface area contributed by atoms with E-state index in [0.717, 1.165) is 0 Å². The summed E-state index contributed by atoms with van der Waals surface area (Å²) in [6, 6.07) is -0.358. The minimum absolute atomic E-state index is 0.0225. The zero-order valence-corrected chi connectivity index (χ0v) is 12.5. The summed E-state index contributed by atoms with van der Waals surface area (Å²) < 4.78 is 24.5. The molecule has 9 heteroatoms. The molecule has 1 aliphatic heterocycles. The molecule has 1 fully saturated rings. The number of carboxylic acid groups (broad SMARTS) is 1. The molecule has 0 aromatic carbocycles. The molecule has 0 aliphatic carbocycles. The molecule has 20 heavy (non-hydrogen) atoms. The first kappa shape index (κ1) is 16.7. The van der Waals surface area contributed by atoms with Crippen molar-refractivity contribution in [2.24, 2.45) is 5.41 Å². The molecule has 0 bridgehead atoms. The Hall–Kier alpha value is -1.35. The monoisotopic (exact) mass is 307 g/mol. The number of rotatable bonds is 5. The Bertz CT molecular complexity index is 468. The number of aliphatic carboxylic acids is 1. The number of hydrogen-bond donors (Lipinski definition) is 3. The van der Waals surface area contributed by atoms with Crippen molar-refractivity contribution < 1.29 is 23.1 Å². The minimum Gasteiger partial charge on any atom is -0.481 e. The highest BCUT2D eigenvalue weighted by Gasteiger charge is 2.37. The molecule has 1 heterocycles. The third-order valence-corrected chi connectivity index (χ3v) is 4.99. The zero-order valence-electron chi connectivity index (χ0n) is 11.7. The smallest absolute Gasteiger partial charge is 0.317 e. The molecule has 1 saturated heterocycles. The average Bonchev–Trinajstić information content (AvgIpc) is 2.39. The van der Waals surface area contributed by atoms with Crippen LogP contribution in [0.5, 0.6) is 0 Å². The molecule has 0 aromatic heterocycles. The average molecular weight is 307 g/mol. The fraction of sp³-hybridized carbons (Fsp3) is 0.818. The number of urea groups is 1. The summed E-state index contributed by atoms with van der Waals surface area (Å²) in [5, 5.41) is 11.6. The van der Waals surface area contributed by atoms with E-state index >= 15 is 0 Å². The van der Waals surface area contributed by atoms with Crippen molar-refractivity contribution >= 4 is 22.0 Å². The van der Waals surface area contributed by atoms with Crippen molar-refractivity contribution in [3.63, 3.8) is 0 Å². The van der Waals surface area contributed by atoms with Crippen molar-refractivity contribution in [2.75, 3.05) is 32.4 Å². The van der Waals surface area contributed by atoms with Crippen molar-refractivity contribution in [2.45, 2.75) is 19.8 Å². The van der Waals surface area contributed by atoms with Gasteiger partial charge in [-0.25, -0.2) is 17.9 Å². The van der Waals surface area contributed by atoms with Gasteiger partial charge in [-0.15, -0.1) is 0 Å². The quantitative estimate of drug-likeness (QED) is 0.629. The van der Waals surface area contributed by atoms with Gasteiger partial charge in [0.15, 0.2) is 0 Å². The van der Waals surface area contributed by atoms with Crippen LogP contribution in [0, 0.1) is 5.41 Å². The molecule has 1 rings (SSSR count).